The second kappa shape index (κ2) is 10.3. The average Bonchev–Trinajstić information content (AvgIpc) is 2.86. The second-order valence-electron chi connectivity index (χ2n) is 8.22. The largest absolute Gasteiger partial charge is 0.497 e. The van der Waals surface area contributed by atoms with Gasteiger partial charge in [-0.05, 0) is 48.4 Å². The molecule has 0 spiro atoms. The van der Waals surface area contributed by atoms with Crippen LogP contribution in [0.5, 0.6) is 5.75 Å². The third-order valence-corrected chi connectivity index (χ3v) is 5.91. The summed E-state index contributed by atoms with van der Waals surface area (Å²) in [5, 5.41) is 5.41. The van der Waals surface area contributed by atoms with E-state index >= 15 is 0 Å². The van der Waals surface area contributed by atoms with Gasteiger partial charge in [-0.1, -0.05) is 30.3 Å². The van der Waals surface area contributed by atoms with Crippen molar-refractivity contribution in [3.63, 3.8) is 0 Å². The first-order chi connectivity index (χ1) is 16.4. The number of methoxy groups -OCH3 is 1. The molecule has 6 nitrogen and oxygen atoms in total. The van der Waals surface area contributed by atoms with Crippen molar-refractivity contribution in [2.24, 2.45) is 5.92 Å². The molecule has 0 aromatic heterocycles. The van der Waals surface area contributed by atoms with E-state index in [2.05, 4.69) is 10.6 Å². The van der Waals surface area contributed by atoms with Crippen molar-refractivity contribution in [2.45, 2.75) is 12.3 Å². The summed E-state index contributed by atoms with van der Waals surface area (Å²) in [5.74, 6) is -1.69. The Bertz CT molecular complexity index is 1160. The standard InChI is InChI=1S/C26H25F2N3O3/c1-34-22-10-8-21(9-11-22)29-25(32)19-13-18(17-5-3-2-4-6-17)15-31(16-19)26(33)30-24-12-7-20(27)14-23(24)28/h2-12,14,18-19H,13,15-16H2,1H3,(H,29,32)(H,30,33). The lowest BCUT2D eigenvalue weighted by molar-refractivity contribution is -0.121. The van der Waals surface area contributed by atoms with E-state index in [0.29, 0.717) is 30.5 Å². The minimum atomic E-state index is -0.862. The van der Waals surface area contributed by atoms with E-state index in [1.54, 1.807) is 31.4 Å². The Morgan fingerprint density at radius 2 is 1.68 bits per heavy atom. The smallest absolute Gasteiger partial charge is 0.321 e. The van der Waals surface area contributed by atoms with Crippen molar-refractivity contribution in [1.82, 2.24) is 4.90 Å². The summed E-state index contributed by atoms with van der Waals surface area (Å²) in [6.07, 6.45) is 0.556. The van der Waals surface area contributed by atoms with E-state index < -0.39 is 23.6 Å². The summed E-state index contributed by atoms with van der Waals surface area (Å²) in [6, 6.07) is 19.1. The van der Waals surface area contributed by atoms with Crippen molar-refractivity contribution in [3.8, 4) is 5.75 Å². The molecule has 0 saturated carbocycles. The number of piperidine rings is 1. The number of hydrogen-bond acceptors (Lipinski definition) is 3. The Morgan fingerprint density at radius 1 is 0.941 bits per heavy atom. The lowest BCUT2D eigenvalue weighted by Gasteiger charge is -2.37. The quantitative estimate of drug-likeness (QED) is 0.541. The van der Waals surface area contributed by atoms with Crippen molar-refractivity contribution in [3.05, 3.63) is 90.0 Å². The van der Waals surface area contributed by atoms with E-state index in [1.807, 2.05) is 30.3 Å². The first-order valence-electron chi connectivity index (χ1n) is 10.9. The predicted octanol–water partition coefficient (Wildman–Crippen LogP) is 5.25. The molecule has 0 bridgehead atoms. The molecule has 2 N–H and O–H groups in total. The second-order valence-corrected chi connectivity index (χ2v) is 8.22. The number of rotatable bonds is 5. The highest BCUT2D eigenvalue weighted by Crippen LogP contribution is 2.32. The van der Waals surface area contributed by atoms with Gasteiger partial charge in [0.1, 0.15) is 17.4 Å². The van der Waals surface area contributed by atoms with E-state index in [4.69, 9.17) is 4.74 Å². The number of nitrogens with zero attached hydrogens (tertiary/aromatic N) is 1. The normalized spacial score (nSPS) is 17.7. The minimum absolute atomic E-state index is 0.0783. The van der Waals surface area contributed by atoms with E-state index in [9.17, 15) is 18.4 Å². The molecule has 2 unspecified atom stereocenters. The maximum atomic E-state index is 14.1. The van der Waals surface area contributed by atoms with Gasteiger partial charge in [0.05, 0.1) is 18.7 Å². The molecule has 1 saturated heterocycles. The number of carbonyl (C=O) groups excluding carboxylic acids is 2. The number of amides is 3. The molecular weight excluding hydrogens is 440 g/mol. The lowest BCUT2D eigenvalue weighted by atomic mass is 9.84. The monoisotopic (exact) mass is 465 g/mol. The number of nitrogens with one attached hydrogen (secondary N) is 2. The van der Waals surface area contributed by atoms with E-state index in [0.717, 1.165) is 11.6 Å². The van der Waals surface area contributed by atoms with Gasteiger partial charge in [-0.2, -0.15) is 0 Å². The van der Waals surface area contributed by atoms with Gasteiger partial charge >= 0.3 is 6.03 Å². The number of halogens is 2. The summed E-state index contributed by atoms with van der Waals surface area (Å²) in [6.45, 7) is 0.533. The predicted molar refractivity (Wildman–Crippen MR) is 126 cm³/mol. The highest BCUT2D eigenvalue weighted by atomic mass is 19.1. The molecule has 3 aromatic carbocycles. The highest BCUT2D eigenvalue weighted by Gasteiger charge is 2.35. The molecule has 1 aliphatic heterocycles. The van der Waals surface area contributed by atoms with Crippen LogP contribution in [0.3, 0.4) is 0 Å². The van der Waals surface area contributed by atoms with Gasteiger partial charge < -0.3 is 20.3 Å². The van der Waals surface area contributed by atoms with E-state index in [-0.39, 0.29) is 24.1 Å². The number of urea groups is 1. The van der Waals surface area contributed by atoms with Crippen molar-refractivity contribution in [1.29, 1.82) is 0 Å². The Morgan fingerprint density at radius 3 is 2.35 bits per heavy atom. The maximum absolute atomic E-state index is 14.1. The number of anilines is 2. The molecule has 1 heterocycles. The zero-order valence-corrected chi connectivity index (χ0v) is 18.6. The fourth-order valence-corrected chi connectivity index (χ4v) is 4.13. The molecule has 34 heavy (non-hydrogen) atoms. The lowest BCUT2D eigenvalue weighted by Crippen LogP contribution is -2.48. The highest BCUT2D eigenvalue weighted by molar-refractivity contribution is 5.94. The molecule has 2 atom stereocenters. The fraction of sp³-hybridized carbons (Fsp3) is 0.231. The summed E-state index contributed by atoms with van der Waals surface area (Å²) in [7, 11) is 1.57. The molecule has 1 aliphatic rings. The molecule has 1 fully saturated rings. The Balaban J connectivity index is 1.52. The molecule has 8 heteroatoms. The number of benzene rings is 3. The van der Waals surface area contributed by atoms with Crippen LogP contribution in [-0.4, -0.2) is 37.0 Å². The molecular formula is C26H25F2N3O3. The number of ether oxygens (including phenoxy) is 1. The van der Waals surface area contributed by atoms with Crippen LogP contribution in [0.15, 0.2) is 72.8 Å². The van der Waals surface area contributed by atoms with Crippen LogP contribution >= 0.6 is 0 Å². The average molecular weight is 466 g/mol. The van der Waals surface area contributed by atoms with Crippen LogP contribution < -0.4 is 15.4 Å². The van der Waals surface area contributed by atoms with Crippen LogP contribution in [0.2, 0.25) is 0 Å². The molecule has 0 aliphatic carbocycles. The number of likely N-dealkylation sites (tertiary alicyclic amines) is 1. The molecule has 4 rings (SSSR count). The summed E-state index contributed by atoms with van der Waals surface area (Å²) < 4.78 is 32.4. The Labute approximate surface area is 196 Å². The maximum Gasteiger partial charge on any atom is 0.321 e. The van der Waals surface area contributed by atoms with Crippen molar-refractivity contribution >= 4 is 23.3 Å². The SMILES string of the molecule is COc1ccc(NC(=O)C2CC(c3ccccc3)CN(C(=O)Nc3ccc(F)cc3F)C2)cc1. The zero-order valence-electron chi connectivity index (χ0n) is 18.6. The number of carbonyl (C=O) groups is 2. The van der Waals surface area contributed by atoms with Crippen LogP contribution in [0.25, 0.3) is 0 Å². The summed E-state index contributed by atoms with van der Waals surface area (Å²) in [5.41, 5.74) is 1.51. The first kappa shape index (κ1) is 23.2. The van der Waals surface area contributed by atoms with Crippen LogP contribution in [-0.2, 0) is 4.79 Å². The fourth-order valence-electron chi connectivity index (χ4n) is 4.13. The Kier molecular flexibility index (Phi) is 7.06. The molecule has 3 aromatic rings. The van der Waals surface area contributed by atoms with Crippen molar-refractivity contribution < 1.29 is 23.1 Å². The van der Waals surface area contributed by atoms with Crippen molar-refractivity contribution in [2.75, 3.05) is 30.8 Å². The summed E-state index contributed by atoms with van der Waals surface area (Å²) >= 11 is 0. The van der Waals surface area contributed by atoms with Gasteiger partial charge in [0, 0.05) is 30.8 Å². The van der Waals surface area contributed by atoms with Gasteiger partial charge in [-0.15, -0.1) is 0 Å². The Hall–Kier alpha value is -3.94. The van der Waals surface area contributed by atoms with Gasteiger partial charge in [0.15, 0.2) is 0 Å². The van der Waals surface area contributed by atoms with Crippen LogP contribution in [0.4, 0.5) is 25.0 Å². The van der Waals surface area contributed by atoms with Gasteiger partial charge in [0.2, 0.25) is 5.91 Å². The molecule has 3 amide bonds. The third-order valence-electron chi connectivity index (χ3n) is 5.91. The van der Waals surface area contributed by atoms with Gasteiger partial charge in [-0.3, -0.25) is 4.79 Å². The van der Waals surface area contributed by atoms with E-state index in [1.165, 1.54) is 11.0 Å². The molecule has 176 valence electrons. The first-order valence-corrected chi connectivity index (χ1v) is 10.9. The minimum Gasteiger partial charge on any atom is -0.497 e. The summed E-state index contributed by atoms with van der Waals surface area (Å²) in [4.78, 5) is 27.6. The zero-order chi connectivity index (χ0) is 24.1. The third kappa shape index (κ3) is 5.51. The van der Waals surface area contributed by atoms with Crippen LogP contribution in [0.1, 0.15) is 17.9 Å². The number of hydrogen-bond donors (Lipinski definition) is 2. The van der Waals surface area contributed by atoms with Gasteiger partial charge in [-0.25, -0.2) is 13.6 Å². The van der Waals surface area contributed by atoms with Crippen LogP contribution in [0, 0.1) is 17.6 Å². The molecule has 0 radical (unpaired) electrons. The topological polar surface area (TPSA) is 70.7 Å². The van der Waals surface area contributed by atoms with Gasteiger partial charge in [0.25, 0.3) is 0 Å².